The van der Waals surface area contributed by atoms with E-state index in [9.17, 15) is 4.79 Å². The van der Waals surface area contributed by atoms with Crippen LogP contribution >= 0.6 is 0 Å². The van der Waals surface area contributed by atoms with Crippen LogP contribution in [0, 0.1) is 0 Å². The highest BCUT2D eigenvalue weighted by atomic mass is 16.6. The number of hydrogen-bond donors (Lipinski definition) is 0. The molecule has 1 heterocycles. The second-order valence-electron chi connectivity index (χ2n) is 4.06. The number of nitrogens with zero attached hydrogens (tertiary/aromatic N) is 1. The van der Waals surface area contributed by atoms with Gasteiger partial charge < -0.3 is 9.64 Å². The van der Waals surface area contributed by atoms with Gasteiger partial charge in [-0.3, -0.25) is 4.79 Å². The van der Waals surface area contributed by atoms with E-state index in [0.29, 0.717) is 0 Å². The van der Waals surface area contributed by atoms with Crippen LogP contribution in [0.15, 0.2) is 0 Å². The number of esters is 1. The maximum atomic E-state index is 11.0. The first kappa shape index (κ1) is 11.5. The lowest BCUT2D eigenvalue weighted by Gasteiger charge is -2.40. The van der Waals surface area contributed by atoms with E-state index >= 15 is 0 Å². The van der Waals surface area contributed by atoms with Crippen molar-refractivity contribution in [3.05, 3.63) is 0 Å². The summed E-state index contributed by atoms with van der Waals surface area (Å²) in [5.41, 5.74) is -0.169. The molecule has 0 aromatic carbocycles. The minimum Gasteiger partial charge on any atom is -0.459 e. The summed E-state index contributed by atoms with van der Waals surface area (Å²) in [6.45, 7) is 8.98. The molecule has 0 bridgehead atoms. The third kappa shape index (κ3) is 2.71. The summed E-state index contributed by atoms with van der Waals surface area (Å²) in [6, 6.07) is 0. The summed E-state index contributed by atoms with van der Waals surface area (Å²) in [7, 11) is 0. The Bertz CT molecular complexity index is 195. The van der Waals surface area contributed by atoms with Crippen molar-refractivity contribution < 1.29 is 9.53 Å². The molecule has 0 aliphatic carbocycles. The van der Waals surface area contributed by atoms with Gasteiger partial charge in [0.2, 0.25) is 0 Å². The van der Waals surface area contributed by atoms with E-state index in [0.717, 1.165) is 38.9 Å². The number of ether oxygens (including phenoxy) is 1. The van der Waals surface area contributed by atoms with Crippen LogP contribution < -0.4 is 0 Å². The van der Waals surface area contributed by atoms with Crippen molar-refractivity contribution in [3.8, 4) is 0 Å². The molecule has 0 aromatic rings. The predicted octanol–water partition coefficient (Wildman–Crippen LogP) is 1.81. The molecule has 1 fully saturated rings. The number of piperidine rings is 1. The van der Waals surface area contributed by atoms with Gasteiger partial charge in [0.05, 0.1) is 0 Å². The normalized spacial score (nSPS) is 21.9. The first-order chi connectivity index (χ1) is 6.62. The minimum atomic E-state index is -0.169. The van der Waals surface area contributed by atoms with Crippen LogP contribution in [0.25, 0.3) is 0 Å². The zero-order valence-electron chi connectivity index (χ0n) is 9.51. The van der Waals surface area contributed by atoms with Gasteiger partial charge in [-0.2, -0.15) is 0 Å². The second kappa shape index (κ2) is 4.78. The van der Waals surface area contributed by atoms with Crippen LogP contribution in [0.4, 0.5) is 0 Å². The van der Waals surface area contributed by atoms with Gasteiger partial charge in [0.25, 0.3) is 0 Å². The molecule has 1 aliphatic heterocycles. The largest absolute Gasteiger partial charge is 0.459 e. The molecule has 1 saturated heterocycles. The second-order valence-corrected chi connectivity index (χ2v) is 4.06. The van der Waals surface area contributed by atoms with Gasteiger partial charge in [0.15, 0.2) is 0 Å². The third-order valence-electron chi connectivity index (χ3n) is 3.22. The molecule has 82 valence electrons. The van der Waals surface area contributed by atoms with Gasteiger partial charge in [-0.1, -0.05) is 13.8 Å². The molecule has 1 rings (SSSR count). The Kier molecular flexibility index (Phi) is 3.93. The fourth-order valence-electron chi connectivity index (χ4n) is 2.11. The molecule has 1 aliphatic rings. The highest BCUT2D eigenvalue weighted by Crippen LogP contribution is 2.29. The molecule has 0 radical (unpaired) electrons. The van der Waals surface area contributed by atoms with Crippen LogP contribution in [-0.2, 0) is 9.53 Å². The van der Waals surface area contributed by atoms with Gasteiger partial charge in [-0.05, 0) is 25.8 Å². The van der Waals surface area contributed by atoms with Crippen molar-refractivity contribution in [2.75, 3.05) is 19.6 Å². The van der Waals surface area contributed by atoms with Crippen molar-refractivity contribution in [1.29, 1.82) is 0 Å². The highest BCUT2D eigenvalue weighted by molar-refractivity contribution is 5.66. The summed E-state index contributed by atoms with van der Waals surface area (Å²) >= 11 is 0. The monoisotopic (exact) mass is 199 g/mol. The van der Waals surface area contributed by atoms with Crippen molar-refractivity contribution in [3.63, 3.8) is 0 Å². The zero-order chi connectivity index (χ0) is 10.6. The SMILES string of the molecule is CCN1CCC(CC)(OC(C)=O)CC1. The Morgan fingerprint density at radius 2 is 1.93 bits per heavy atom. The highest BCUT2D eigenvalue weighted by Gasteiger charge is 2.35. The summed E-state index contributed by atoms with van der Waals surface area (Å²) in [5.74, 6) is -0.142. The molecule has 0 aromatic heterocycles. The average molecular weight is 199 g/mol. The standard InChI is InChI=1S/C11H21NO2/c1-4-11(14-10(3)13)6-8-12(5-2)9-7-11/h4-9H2,1-3H3. The lowest BCUT2D eigenvalue weighted by molar-refractivity contribution is -0.162. The van der Waals surface area contributed by atoms with Crippen LogP contribution in [0.1, 0.15) is 40.0 Å². The van der Waals surface area contributed by atoms with Crippen LogP contribution in [-0.4, -0.2) is 36.1 Å². The van der Waals surface area contributed by atoms with Gasteiger partial charge >= 0.3 is 5.97 Å². The molecule has 3 heteroatoms. The Balaban J connectivity index is 2.52. The molecule has 0 atom stereocenters. The van der Waals surface area contributed by atoms with Gasteiger partial charge in [-0.15, -0.1) is 0 Å². The van der Waals surface area contributed by atoms with Crippen LogP contribution in [0.5, 0.6) is 0 Å². The quantitative estimate of drug-likeness (QED) is 0.649. The molecule has 3 nitrogen and oxygen atoms in total. The van der Waals surface area contributed by atoms with E-state index < -0.39 is 0 Å². The van der Waals surface area contributed by atoms with E-state index in [1.807, 2.05) is 0 Å². The van der Waals surface area contributed by atoms with E-state index in [-0.39, 0.29) is 11.6 Å². The summed E-state index contributed by atoms with van der Waals surface area (Å²) in [5, 5.41) is 0. The maximum Gasteiger partial charge on any atom is 0.303 e. The first-order valence-electron chi connectivity index (χ1n) is 5.54. The lowest BCUT2D eigenvalue weighted by Crippen LogP contribution is -2.46. The summed E-state index contributed by atoms with van der Waals surface area (Å²) in [6.07, 6.45) is 2.90. The average Bonchev–Trinajstić information content (AvgIpc) is 2.18. The Morgan fingerprint density at radius 3 is 2.29 bits per heavy atom. The summed E-state index contributed by atoms with van der Waals surface area (Å²) in [4.78, 5) is 13.4. The molecule has 0 amide bonds. The molecule has 14 heavy (non-hydrogen) atoms. The number of likely N-dealkylation sites (tertiary alicyclic amines) is 1. The molecule has 0 unspecified atom stereocenters. The van der Waals surface area contributed by atoms with E-state index in [1.165, 1.54) is 6.92 Å². The Labute approximate surface area is 86.4 Å². The van der Waals surface area contributed by atoms with E-state index in [1.54, 1.807) is 0 Å². The van der Waals surface area contributed by atoms with Crippen LogP contribution in [0.2, 0.25) is 0 Å². The Hall–Kier alpha value is -0.570. The number of hydrogen-bond acceptors (Lipinski definition) is 3. The van der Waals surface area contributed by atoms with E-state index in [4.69, 9.17) is 4.74 Å². The molecule has 0 N–H and O–H groups in total. The van der Waals surface area contributed by atoms with Gasteiger partial charge in [0.1, 0.15) is 5.60 Å². The topological polar surface area (TPSA) is 29.5 Å². The third-order valence-corrected chi connectivity index (χ3v) is 3.22. The molecular formula is C11H21NO2. The molecule has 0 saturated carbocycles. The van der Waals surface area contributed by atoms with Gasteiger partial charge in [0, 0.05) is 20.0 Å². The van der Waals surface area contributed by atoms with Gasteiger partial charge in [-0.25, -0.2) is 0 Å². The molecular weight excluding hydrogens is 178 g/mol. The van der Waals surface area contributed by atoms with Crippen molar-refractivity contribution in [1.82, 2.24) is 4.90 Å². The van der Waals surface area contributed by atoms with Crippen molar-refractivity contribution in [2.45, 2.75) is 45.6 Å². The number of carbonyl (C=O) groups excluding carboxylic acids is 1. The summed E-state index contributed by atoms with van der Waals surface area (Å²) < 4.78 is 5.46. The van der Waals surface area contributed by atoms with Crippen molar-refractivity contribution in [2.24, 2.45) is 0 Å². The molecule has 0 spiro atoms. The number of carbonyl (C=O) groups is 1. The zero-order valence-corrected chi connectivity index (χ0v) is 9.51. The fraction of sp³-hybridized carbons (Fsp3) is 0.909. The predicted molar refractivity (Wildman–Crippen MR) is 56.1 cm³/mol. The first-order valence-corrected chi connectivity index (χ1v) is 5.54. The maximum absolute atomic E-state index is 11.0. The fourth-order valence-corrected chi connectivity index (χ4v) is 2.11. The minimum absolute atomic E-state index is 0.142. The Morgan fingerprint density at radius 1 is 1.36 bits per heavy atom. The smallest absolute Gasteiger partial charge is 0.303 e. The number of rotatable bonds is 3. The van der Waals surface area contributed by atoms with Crippen LogP contribution in [0.3, 0.4) is 0 Å². The lowest BCUT2D eigenvalue weighted by atomic mass is 9.88. The van der Waals surface area contributed by atoms with E-state index in [2.05, 4.69) is 18.7 Å². The van der Waals surface area contributed by atoms with Crippen molar-refractivity contribution >= 4 is 5.97 Å².